The summed E-state index contributed by atoms with van der Waals surface area (Å²) in [6.45, 7) is 0. The highest BCUT2D eigenvalue weighted by atomic mass is 16.5. The van der Waals surface area contributed by atoms with E-state index in [2.05, 4.69) is 5.32 Å². The van der Waals surface area contributed by atoms with Crippen LogP contribution in [0.25, 0.3) is 0 Å². The standard InChI is InChI=1S/C15H22N2O3/c1-19-11-6-7-13(20-2)12(10-11)17-14(18)15(16)8-4-3-5-9-15/h6-7,10H,3-5,8-9,16H2,1-2H3,(H,17,18). The molecular weight excluding hydrogens is 256 g/mol. The van der Waals surface area contributed by atoms with Crippen LogP contribution in [0.5, 0.6) is 11.5 Å². The summed E-state index contributed by atoms with van der Waals surface area (Å²) in [5, 5.41) is 2.88. The van der Waals surface area contributed by atoms with Crippen LogP contribution < -0.4 is 20.5 Å². The van der Waals surface area contributed by atoms with Crippen molar-refractivity contribution in [1.29, 1.82) is 0 Å². The maximum absolute atomic E-state index is 12.4. The molecule has 0 radical (unpaired) electrons. The number of nitrogens with two attached hydrogens (primary N) is 1. The maximum atomic E-state index is 12.4. The Morgan fingerprint density at radius 2 is 1.90 bits per heavy atom. The van der Waals surface area contributed by atoms with E-state index in [1.165, 1.54) is 0 Å². The molecule has 3 N–H and O–H groups in total. The molecule has 5 heteroatoms. The van der Waals surface area contributed by atoms with Gasteiger partial charge in [0, 0.05) is 6.07 Å². The predicted molar refractivity (Wildman–Crippen MR) is 78.2 cm³/mol. The molecular formula is C15H22N2O3. The average molecular weight is 278 g/mol. The third-order valence-corrected chi connectivity index (χ3v) is 3.85. The van der Waals surface area contributed by atoms with Crippen molar-refractivity contribution in [2.45, 2.75) is 37.6 Å². The Bertz CT molecular complexity index is 482. The quantitative estimate of drug-likeness (QED) is 0.886. The van der Waals surface area contributed by atoms with Crippen LogP contribution in [0.1, 0.15) is 32.1 Å². The lowest BCUT2D eigenvalue weighted by Gasteiger charge is -2.32. The zero-order valence-corrected chi connectivity index (χ0v) is 12.1. The molecule has 2 rings (SSSR count). The van der Waals surface area contributed by atoms with E-state index >= 15 is 0 Å². The number of anilines is 1. The van der Waals surface area contributed by atoms with Crippen molar-refractivity contribution in [3.63, 3.8) is 0 Å². The molecule has 1 amide bonds. The molecule has 0 spiro atoms. The zero-order chi connectivity index (χ0) is 14.6. The van der Waals surface area contributed by atoms with Crippen molar-refractivity contribution in [2.24, 2.45) is 5.73 Å². The Labute approximate surface area is 119 Å². The van der Waals surface area contributed by atoms with E-state index in [9.17, 15) is 4.79 Å². The van der Waals surface area contributed by atoms with Gasteiger partial charge in [0.05, 0.1) is 25.4 Å². The Balaban J connectivity index is 2.17. The highest BCUT2D eigenvalue weighted by molar-refractivity contribution is 5.99. The first-order valence-corrected chi connectivity index (χ1v) is 6.91. The summed E-state index contributed by atoms with van der Waals surface area (Å²) >= 11 is 0. The van der Waals surface area contributed by atoms with E-state index in [0.29, 0.717) is 17.2 Å². The van der Waals surface area contributed by atoms with Crippen LogP contribution >= 0.6 is 0 Å². The van der Waals surface area contributed by atoms with Crippen molar-refractivity contribution in [2.75, 3.05) is 19.5 Å². The first-order chi connectivity index (χ1) is 9.59. The number of hydrogen-bond acceptors (Lipinski definition) is 4. The minimum absolute atomic E-state index is 0.149. The second-order valence-electron chi connectivity index (χ2n) is 5.24. The normalized spacial score (nSPS) is 17.4. The SMILES string of the molecule is COc1ccc(OC)c(NC(=O)C2(N)CCCCC2)c1. The maximum Gasteiger partial charge on any atom is 0.244 e. The van der Waals surface area contributed by atoms with E-state index in [0.717, 1.165) is 32.1 Å². The number of amides is 1. The van der Waals surface area contributed by atoms with Crippen molar-refractivity contribution in [3.8, 4) is 11.5 Å². The van der Waals surface area contributed by atoms with Gasteiger partial charge in [-0.1, -0.05) is 19.3 Å². The molecule has 0 aromatic heterocycles. The molecule has 1 aromatic carbocycles. The lowest BCUT2D eigenvalue weighted by molar-refractivity contribution is -0.122. The molecule has 0 aliphatic heterocycles. The van der Waals surface area contributed by atoms with Crippen LogP contribution in [0.2, 0.25) is 0 Å². The van der Waals surface area contributed by atoms with Gasteiger partial charge in [-0.25, -0.2) is 0 Å². The fourth-order valence-corrected chi connectivity index (χ4v) is 2.57. The third-order valence-electron chi connectivity index (χ3n) is 3.85. The molecule has 1 fully saturated rings. The molecule has 1 aromatic rings. The van der Waals surface area contributed by atoms with Crippen LogP contribution in [0.4, 0.5) is 5.69 Å². The summed E-state index contributed by atoms with van der Waals surface area (Å²) in [6, 6.07) is 5.29. The van der Waals surface area contributed by atoms with Gasteiger partial charge in [-0.05, 0) is 25.0 Å². The highest BCUT2D eigenvalue weighted by Crippen LogP contribution is 2.32. The predicted octanol–water partition coefficient (Wildman–Crippen LogP) is 2.30. The largest absolute Gasteiger partial charge is 0.497 e. The number of carbonyl (C=O) groups is 1. The molecule has 1 saturated carbocycles. The van der Waals surface area contributed by atoms with Crippen molar-refractivity contribution >= 4 is 11.6 Å². The van der Waals surface area contributed by atoms with Gasteiger partial charge >= 0.3 is 0 Å². The molecule has 20 heavy (non-hydrogen) atoms. The molecule has 5 nitrogen and oxygen atoms in total. The summed E-state index contributed by atoms with van der Waals surface area (Å²) < 4.78 is 10.4. The first kappa shape index (κ1) is 14.7. The summed E-state index contributed by atoms with van der Waals surface area (Å²) in [5.74, 6) is 1.11. The Hall–Kier alpha value is -1.75. The molecule has 0 unspecified atom stereocenters. The van der Waals surface area contributed by atoms with Crippen molar-refractivity contribution < 1.29 is 14.3 Å². The summed E-state index contributed by atoms with van der Waals surface area (Å²) in [4.78, 5) is 12.4. The molecule has 0 bridgehead atoms. The number of hydrogen-bond donors (Lipinski definition) is 2. The first-order valence-electron chi connectivity index (χ1n) is 6.91. The van der Waals surface area contributed by atoms with Gasteiger partial charge in [-0.15, -0.1) is 0 Å². The van der Waals surface area contributed by atoms with Gasteiger partial charge < -0.3 is 20.5 Å². The number of carbonyl (C=O) groups excluding carboxylic acids is 1. The summed E-state index contributed by atoms with van der Waals surface area (Å²) in [7, 11) is 3.15. The molecule has 0 atom stereocenters. The van der Waals surface area contributed by atoms with Gasteiger partial charge in [-0.2, -0.15) is 0 Å². The van der Waals surface area contributed by atoms with E-state index in [-0.39, 0.29) is 5.91 Å². The molecule has 0 saturated heterocycles. The van der Waals surface area contributed by atoms with Gasteiger partial charge in [0.1, 0.15) is 11.5 Å². The van der Waals surface area contributed by atoms with Gasteiger partial charge in [0.15, 0.2) is 0 Å². The van der Waals surface area contributed by atoms with E-state index in [1.807, 2.05) is 0 Å². The van der Waals surface area contributed by atoms with Crippen LogP contribution in [-0.4, -0.2) is 25.7 Å². The smallest absolute Gasteiger partial charge is 0.244 e. The minimum Gasteiger partial charge on any atom is -0.497 e. The lowest BCUT2D eigenvalue weighted by Crippen LogP contribution is -2.52. The van der Waals surface area contributed by atoms with E-state index < -0.39 is 5.54 Å². The molecule has 0 heterocycles. The number of nitrogens with one attached hydrogen (secondary N) is 1. The molecule has 1 aliphatic rings. The number of ether oxygens (including phenoxy) is 2. The van der Waals surface area contributed by atoms with E-state index in [1.54, 1.807) is 32.4 Å². The summed E-state index contributed by atoms with van der Waals surface area (Å²) in [6.07, 6.45) is 4.60. The van der Waals surface area contributed by atoms with Gasteiger partial charge in [0.25, 0.3) is 0 Å². The van der Waals surface area contributed by atoms with Crippen LogP contribution in [0.3, 0.4) is 0 Å². The highest BCUT2D eigenvalue weighted by Gasteiger charge is 2.35. The van der Waals surface area contributed by atoms with Gasteiger partial charge in [0.2, 0.25) is 5.91 Å². The van der Waals surface area contributed by atoms with Gasteiger partial charge in [-0.3, -0.25) is 4.79 Å². The Morgan fingerprint density at radius 1 is 1.20 bits per heavy atom. The number of rotatable bonds is 4. The molecule has 1 aliphatic carbocycles. The number of methoxy groups -OCH3 is 2. The summed E-state index contributed by atoms with van der Waals surface area (Å²) in [5.41, 5.74) is 6.05. The molecule has 110 valence electrons. The topological polar surface area (TPSA) is 73.6 Å². The van der Waals surface area contributed by atoms with E-state index in [4.69, 9.17) is 15.2 Å². The zero-order valence-electron chi connectivity index (χ0n) is 12.1. The fourth-order valence-electron chi connectivity index (χ4n) is 2.57. The van der Waals surface area contributed by atoms with Crippen LogP contribution in [-0.2, 0) is 4.79 Å². The van der Waals surface area contributed by atoms with Crippen LogP contribution in [0, 0.1) is 0 Å². The monoisotopic (exact) mass is 278 g/mol. The lowest BCUT2D eigenvalue weighted by atomic mass is 9.82. The van der Waals surface area contributed by atoms with Crippen molar-refractivity contribution in [3.05, 3.63) is 18.2 Å². The Morgan fingerprint density at radius 3 is 2.50 bits per heavy atom. The fraction of sp³-hybridized carbons (Fsp3) is 0.533. The second kappa shape index (κ2) is 6.13. The second-order valence-corrected chi connectivity index (χ2v) is 5.24. The van der Waals surface area contributed by atoms with Crippen LogP contribution in [0.15, 0.2) is 18.2 Å². The number of benzene rings is 1. The van der Waals surface area contributed by atoms with Crippen molar-refractivity contribution in [1.82, 2.24) is 0 Å². The minimum atomic E-state index is -0.771. The average Bonchev–Trinajstić information content (AvgIpc) is 2.47. The Kier molecular flexibility index (Phi) is 4.49. The third kappa shape index (κ3) is 3.04.